The molecule has 6 nitrogen and oxygen atoms in total. The molecule has 0 atom stereocenters. The van der Waals surface area contributed by atoms with Gasteiger partial charge in [0.2, 0.25) is 5.95 Å². The Bertz CT molecular complexity index is 750. The van der Waals surface area contributed by atoms with Gasteiger partial charge in [-0.15, -0.1) is 0 Å². The monoisotopic (exact) mass is 307 g/mol. The summed E-state index contributed by atoms with van der Waals surface area (Å²) in [6.07, 6.45) is 0.802. The second-order valence-corrected chi connectivity index (χ2v) is 5.62. The number of hydrogen-bond acceptors (Lipinski definition) is 6. The molecular formula is C17H17N5O. The highest BCUT2D eigenvalue weighted by atomic mass is 16.5. The Morgan fingerprint density at radius 2 is 1.83 bits per heavy atom. The molecule has 0 N–H and O–H groups in total. The van der Waals surface area contributed by atoms with Crippen molar-refractivity contribution in [2.24, 2.45) is 0 Å². The molecule has 4 rings (SSSR count). The van der Waals surface area contributed by atoms with E-state index in [1.165, 1.54) is 0 Å². The smallest absolute Gasteiger partial charge is 0.228 e. The normalized spacial score (nSPS) is 17.0. The van der Waals surface area contributed by atoms with E-state index < -0.39 is 0 Å². The predicted octanol–water partition coefficient (Wildman–Crippen LogP) is 1.88. The summed E-state index contributed by atoms with van der Waals surface area (Å²) in [4.78, 5) is 13.5. The second-order valence-electron chi connectivity index (χ2n) is 5.62. The maximum atomic E-state index is 9.48. The van der Waals surface area contributed by atoms with Crippen LogP contribution in [0.25, 0.3) is 0 Å². The van der Waals surface area contributed by atoms with Crippen molar-refractivity contribution in [2.45, 2.75) is 6.42 Å². The Hall–Kier alpha value is -2.65. The first-order valence-corrected chi connectivity index (χ1v) is 7.83. The average molecular weight is 307 g/mol. The molecule has 2 aliphatic rings. The summed E-state index contributed by atoms with van der Waals surface area (Å²) in [6.45, 7) is 3.69. The van der Waals surface area contributed by atoms with Gasteiger partial charge in [-0.25, -0.2) is 4.98 Å². The Morgan fingerprint density at radius 3 is 2.57 bits per heavy atom. The molecule has 0 unspecified atom stereocenters. The quantitative estimate of drug-likeness (QED) is 0.844. The van der Waals surface area contributed by atoms with Gasteiger partial charge < -0.3 is 14.5 Å². The van der Waals surface area contributed by atoms with Gasteiger partial charge in [0, 0.05) is 30.9 Å². The van der Waals surface area contributed by atoms with Gasteiger partial charge in [0.25, 0.3) is 0 Å². The standard InChI is InChI=1S/C17H17N5O/c18-12-15-14-6-7-22(13-4-2-1-3-5-13)16(14)20-17(19-15)21-8-10-23-11-9-21/h1-5H,6-11H2. The third kappa shape index (κ3) is 2.49. The first-order chi connectivity index (χ1) is 11.4. The molecular weight excluding hydrogens is 290 g/mol. The van der Waals surface area contributed by atoms with Crippen LogP contribution < -0.4 is 9.80 Å². The number of aromatic nitrogens is 2. The minimum Gasteiger partial charge on any atom is -0.378 e. The lowest BCUT2D eigenvalue weighted by Crippen LogP contribution is -2.37. The summed E-state index contributed by atoms with van der Waals surface area (Å²) in [5.74, 6) is 1.50. The van der Waals surface area contributed by atoms with Gasteiger partial charge in [0.1, 0.15) is 11.9 Å². The number of anilines is 3. The van der Waals surface area contributed by atoms with Crippen molar-refractivity contribution in [3.05, 3.63) is 41.6 Å². The number of morpholine rings is 1. The lowest BCUT2D eigenvalue weighted by Gasteiger charge is -2.28. The predicted molar refractivity (Wildman–Crippen MR) is 86.9 cm³/mol. The molecule has 23 heavy (non-hydrogen) atoms. The van der Waals surface area contributed by atoms with Gasteiger partial charge in [-0.2, -0.15) is 10.2 Å². The van der Waals surface area contributed by atoms with Crippen molar-refractivity contribution in [3.8, 4) is 6.07 Å². The number of para-hydroxylation sites is 1. The fourth-order valence-corrected chi connectivity index (χ4v) is 3.10. The average Bonchev–Trinajstić information content (AvgIpc) is 3.06. The molecule has 1 aromatic carbocycles. The Kier molecular flexibility index (Phi) is 3.56. The molecule has 1 saturated heterocycles. The van der Waals surface area contributed by atoms with E-state index >= 15 is 0 Å². The van der Waals surface area contributed by atoms with Gasteiger partial charge in [-0.1, -0.05) is 18.2 Å². The first-order valence-electron chi connectivity index (χ1n) is 7.83. The summed E-state index contributed by atoms with van der Waals surface area (Å²) in [5.41, 5.74) is 2.55. The van der Waals surface area contributed by atoms with Gasteiger partial charge >= 0.3 is 0 Å². The second kappa shape index (κ2) is 5.86. The Labute approximate surface area is 134 Å². The van der Waals surface area contributed by atoms with Crippen LogP contribution in [0.4, 0.5) is 17.5 Å². The minimum absolute atomic E-state index is 0.495. The number of rotatable bonds is 2. The number of nitrogens with zero attached hydrogens (tertiary/aromatic N) is 5. The van der Waals surface area contributed by atoms with Crippen molar-refractivity contribution in [1.82, 2.24) is 9.97 Å². The molecule has 116 valence electrons. The maximum Gasteiger partial charge on any atom is 0.228 e. The molecule has 2 aliphatic heterocycles. The summed E-state index contributed by atoms with van der Waals surface area (Å²) < 4.78 is 5.39. The summed E-state index contributed by atoms with van der Waals surface area (Å²) >= 11 is 0. The van der Waals surface area contributed by atoms with Crippen molar-refractivity contribution in [1.29, 1.82) is 5.26 Å². The zero-order valence-corrected chi connectivity index (χ0v) is 12.8. The third-order valence-corrected chi connectivity index (χ3v) is 4.28. The zero-order chi connectivity index (χ0) is 15.6. The molecule has 0 bridgehead atoms. The molecule has 3 heterocycles. The highest BCUT2D eigenvalue weighted by Crippen LogP contribution is 2.35. The molecule has 6 heteroatoms. The van der Waals surface area contributed by atoms with Crippen LogP contribution in [0, 0.1) is 11.3 Å². The van der Waals surface area contributed by atoms with E-state index in [1.54, 1.807) is 0 Å². The van der Waals surface area contributed by atoms with Crippen LogP contribution in [0.5, 0.6) is 0 Å². The lowest BCUT2D eigenvalue weighted by atomic mass is 10.2. The van der Waals surface area contributed by atoms with Crippen LogP contribution in [0.1, 0.15) is 11.3 Å². The van der Waals surface area contributed by atoms with Gasteiger partial charge in [0.15, 0.2) is 5.69 Å². The SMILES string of the molecule is N#Cc1nc(N2CCOCC2)nc2c1CCN2c1ccccc1. The molecule has 0 spiro atoms. The van der Waals surface area contributed by atoms with E-state index in [1.807, 2.05) is 18.2 Å². The van der Waals surface area contributed by atoms with Crippen LogP contribution in [0.15, 0.2) is 30.3 Å². The van der Waals surface area contributed by atoms with E-state index in [-0.39, 0.29) is 0 Å². The molecule has 0 amide bonds. The van der Waals surface area contributed by atoms with Gasteiger partial charge in [0.05, 0.1) is 13.2 Å². The topological polar surface area (TPSA) is 65.3 Å². The number of benzene rings is 1. The number of ether oxygens (including phenoxy) is 1. The first kappa shape index (κ1) is 14.0. The van der Waals surface area contributed by atoms with Crippen molar-refractivity contribution >= 4 is 17.5 Å². The lowest BCUT2D eigenvalue weighted by molar-refractivity contribution is 0.122. The van der Waals surface area contributed by atoms with E-state index in [0.717, 1.165) is 43.1 Å². The molecule has 0 saturated carbocycles. The number of fused-ring (bicyclic) bond motifs is 1. The van der Waals surface area contributed by atoms with Crippen LogP contribution in [-0.4, -0.2) is 42.8 Å². The van der Waals surface area contributed by atoms with E-state index in [2.05, 4.69) is 33.0 Å². The highest BCUT2D eigenvalue weighted by Gasteiger charge is 2.28. The third-order valence-electron chi connectivity index (χ3n) is 4.28. The maximum absolute atomic E-state index is 9.48. The van der Waals surface area contributed by atoms with Crippen molar-refractivity contribution in [2.75, 3.05) is 42.6 Å². The molecule has 1 aromatic heterocycles. The summed E-state index contributed by atoms with van der Waals surface area (Å²) in [5, 5.41) is 9.48. The molecule has 2 aromatic rings. The van der Waals surface area contributed by atoms with E-state index in [9.17, 15) is 5.26 Å². The number of nitriles is 1. The van der Waals surface area contributed by atoms with Gasteiger partial charge in [-0.3, -0.25) is 0 Å². The summed E-state index contributed by atoms with van der Waals surface area (Å²) in [7, 11) is 0. The van der Waals surface area contributed by atoms with E-state index in [0.29, 0.717) is 24.9 Å². The fourth-order valence-electron chi connectivity index (χ4n) is 3.10. The van der Waals surface area contributed by atoms with Crippen LogP contribution >= 0.6 is 0 Å². The van der Waals surface area contributed by atoms with Crippen molar-refractivity contribution in [3.63, 3.8) is 0 Å². The molecule has 0 aliphatic carbocycles. The Balaban J connectivity index is 1.77. The molecule has 1 fully saturated rings. The van der Waals surface area contributed by atoms with Gasteiger partial charge in [-0.05, 0) is 18.6 Å². The highest BCUT2D eigenvalue weighted by molar-refractivity contribution is 5.69. The molecule has 0 radical (unpaired) electrons. The summed E-state index contributed by atoms with van der Waals surface area (Å²) in [6, 6.07) is 12.4. The zero-order valence-electron chi connectivity index (χ0n) is 12.8. The van der Waals surface area contributed by atoms with Crippen molar-refractivity contribution < 1.29 is 4.74 Å². The van der Waals surface area contributed by atoms with E-state index in [4.69, 9.17) is 9.72 Å². The fraction of sp³-hybridized carbons (Fsp3) is 0.353. The Morgan fingerprint density at radius 1 is 1.04 bits per heavy atom. The van der Waals surface area contributed by atoms with Crippen LogP contribution in [0.2, 0.25) is 0 Å². The number of hydrogen-bond donors (Lipinski definition) is 0. The minimum atomic E-state index is 0.495. The van der Waals surface area contributed by atoms with Crippen LogP contribution in [0.3, 0.4) is 0 Å². The largest absolute Gasteiger partial charge is 0.378 e. The van der Waals surface area contributed by atoms with Crippen LogP contribution in [-0.2, 0) is 11.2 Å².